The van der Waals surface area contributed by atoms with Crippen LogP contribution in [-0.4, -0.2) is 18.1 Å². The van der Waals surface area contributed by atoms with E-state index < -0.39 is 0 Å². The smallest absolute Gasteiger partial charge is 0.0941 e. The Kier molecular flexibility index (Phi) is 3.35. The zero-order valence-corrected chi connectivity index (χ0v) is 11.9. The lowest BCUT2D eigenvalue weighted by Crippen LogP contribution is -2.30. The second-order valence-electron chi connectivity index (χ2n) is 5.38. The lowest BCUT2D eigenvalue weighted by molar-refractivity contribution is 0.376. The molecule has 0 aliphatic carbocycles. The molecule has 1 atom stereocenters. The maximum absolute atomic E-state index is 4.86. The van der Waals surface area contributed by atoms with Crippen molar-refractivity contribution in [2.45, 2.75) is 33.1 Å². The molecule has 18 heavy (non-hydrogen) atoms. The minimum absolute atomic E-state index is 0.778. The number of benzene rings is 1. The van der Waals surface area contributed by atoms with Gasteiger partial charge in [0, 0.05) is 6.42 Å². The molecule has 0 spiro atoms. The summed E-state index contributed by atoms with van der Waals surface area (Å²) in [7, 11) is 0. The summed E-state index contributed by atoms with van der Waals surface area (Å²) in [6.45, 7) is 6.70. The van der Waals surface area contributed by atoms with Gasteiger partial charge in [-0.2, -0.15) is 0 Å². The highest BCUT2D eigenvalue weighted by molar-refractivity contribution is 7.18. The zero-order valence-electron chi connectivity index (χ0n) is 11.1. The Balaban J connectivity index is 1.86. The maximum atomic E-state index is 4.86. The molecule has 0 bridgehead atoms. The Bertz CT molecular complexity index is 553. The highest BCUT2D eigenvalue weighted by Crippen LogP contribution is 2.28. The third-order valence-corrected chi connectivity index (χ3v) is 5.03. The molecule has 2 nitrogen and oxygen atoms in total. The average molecular weight is 260 g/mol. The van der Waals surface area contributed by atoms with E-state index in [1.54, 1.807) is 0 Å². The first-order chi connectivity index (χ1) is 8.74. The predicted molar refractivity (Wildman–Crippen MR) is 78.4 cm³/mol. The number of thiazole rings is 1. The largest absolute Gasteiger partial charge is 0.316 e. The summed E-state index contributed by atoms with van der Waals surface area (Å²) < 4.78 is 1.34. The van der Waals surface area contributed by atoms with E-state index in [1.165, 1.54) is 45.7 Å². The van der Waals surface area contributed by atoms with Gasteiger partial charge in [-0.05, 0) is 62.9 Å². The molecule has 1 aromatic heterocycles. The van der Waals surface area contributed by atoms with Crippen LogP contribution in [0.5, 0.6) is 0 Å². The van der Waals surface area contributed by atoms with Gasteiger partial charge >= 0.3 is 0 Å². The van der Waals surface area contributed by atoms with Crippen molar-refractivity contribution in [2.75, 3.05) is 13.1 Å². The SMILES string of the molecule is Cc1ccc2sc(CC3CCCNC3)nc2c1C. The average Bonchev–Trinajstić information content (AvgIpc) is 2.79. The highest BCUT2D eigenvalue weighted by Gasteiger charge is 2.16. The van der Waals surface area contributed by atoms with Crippen LogP contribution >= 0.6 is 11.3 Å². The number of nitrogens with zero attached hydrogens (tertiary/aromatic N) is 1. The zero-order chi connectivity index (χ0) is 12.5. The summed E-state index contributed by atoms with van der Waals surface area (Å²) in [6, 6.07) is 4.43. The number of hydrogen-bond donors (Lipinski definition) is 1. The van der Waals surface area contributed by atoms with E-state index in [0.717, 1.165) is 18.9 Å². The minimum Gasteiger partial charge on any atom is -0.316 e. The second kappa shape index (κ2) is 4.98. The first-order valence-corrected chi connectivity index (χ1v) is 7.62. The summed E-state index contributed by atoms with van der Waals surface area (Å²) in [5.41, 5.74) is 3.91. The molecule has 3 rings (SSSR count). The lowest BCUT2D eigenvalue weighted by atomic mass is 9.97. The maximum Gasteiger partial charge on any atom is 0.0941 e. The molecule has 1 aliphatic rings. The summed E-state index contributed by atoms with van der Waals surface area (Å²) in [5, 5.41) is 4.80. The van der Waals surface area contributed by atoms with Crippen molar-refractivity contribution in [3.63, 3.8) is 0 Å². The van der Waals surface area contributed by atoms with Crippen molar-refractivity contribution in [3.8, 4) is 0 Å². The van der Waals surface area contributed by atoms with Crippen LogP contribution in [0, 0.1) is 19.8 Å². The quantitative estimate of drug-likeness (QED) is 0.894. The molecule has 0 saturated carbocycles. The van der Waals surface area contributed by atoms with Crippen molar-refractivity contribution >= 4 is 21.6 Å². The van der Waals surface area contributed by atoms with Gasteiger partial charge in [0.2, 0.25) is 0 Å². The molecule has 1 saturated heterocycles. The number of nitrogens with one attached hydrogen (secondary N) is 1. The van der Waals surface area contributed by atoms with E-state index in [9.17, 15) is 0 Å². The van der Waals surface area contributed by atoms with E-state index in [0.29, 0.717) is 0 Å². The van der Waals surface area contributed by atoms with Crippen LogP contribution in [0.25, 0.3) is 10.2 Å². The third kappa shape index (κ3) is 2.29. The van der Waals surface area contributed by atoms with Crippen LogP contribution < -0.4 is 5.32 Å². The van der Waals surface area contributed by atoms with E-state index in [-0.39, 0.29) is 0 Å². The topological polar surface area (TPSA) is 24.9 Å². The molecule has 1 aliphatic heterocycles. The fraction of sp³-hybridized carbons (Fsp3) is 0.533. The Morgan fingerprint density at radius 3 is 3.06 bits per heavy atom. The van der Waals surface area contributed by atoms with E-state index in [2.05, 4.69) is 31.3 Å². The van der Waals surface area contributed by atoms with Crippen LogP contribution in [-0.2, 0) is 6.42 Å². The van der Waals surface area contributed by atoms with Crippen LogP contribution in [0.3, 0.4) is 0 Å². The number of piperidine rings is 1. The van der Waals surface area contributed by atoms with Crippen LogP contribution in [0.4, 0.5) is 0 Å². The van der Waals surface area contributed by atoms with Crippen LogP contribution in [0.2, 0.25) is 0 Å². The first kappa shape index (κ1) is 12.1. The molecular weight excluding hydrogens is 240 g/mol. The fourth-order valence-corrected chi connectivity index (χ4v) is 3.85. The molecule has 96 valence electrons. The molecule has 1 unspecified atom stereocenters. The van der Waals surface area contributed by atoms with Gasteiger partial charge in [-0.15, -0.1) is 11.3 Å². The molecule has 0 radical (unpaired) electrons. The number of aryl methyl sites for hydroxylation is 2. The Morgan fingerprint density at radius 1 is 1.39 bits per heavy atom. The van der Waals surface area contributed by atoms with Gasteiger partial charge in [-0.3, -0.25) is 0 Å². The molecule has 3 heteroatoms. The van der Waals surface area contributed by atoms with Crippen molar-refractivity contribution in [1.82, 2.24) is 10.3 Å². The number of fused-ring (bicyclic) bond motifs is 1. The highest BCUT2D eigenvalue weighted by atomic mass is 32.1. The van der Waals surface area contributed by atoms with Crippen molar-refractivity contribution in [1.29, 1.82) is 0 Å². The Hall–Kier alpha value is -0.930. The summed E-state index contributed by atoms with van der Waals surface area (Å²) >= 11 is 1.87. The van der Waals surface area contributed by atoms with Gasteiger partial charge in [-0.25, -0.2) is 4.98 Å². The van der Waals surface area contributed by atoms with Gasteiger partial charge in [0.1, 0.15) is 0 Å². The fourth-order valence-electron chi connectivity index (χ4n) is 2.70. The number of rotatable bonds is 2. The van der Waals surface area contributed by atoms with Crippen LogP contribution in [0.15, 0.2) is 12.1 Å². The lowest BCUT2D eigenvalue weighted by Gasteiger charge is -2.21. The van der Waals surface area contributed by atoms with E-state index in [1.807, 2.05) is 11.3 Å². The standard InChI is InChI=1S/C15H20N2S/c1-10-5-6-13-15(11(10)2)17-14(18-13)8-12-4-3-7-16-9-12/h5-6,12,16H,3-4,7-9H2,1-2H3. The third-order valence-electron chi connectivity index (χ3n) is 3.99. The monoisotopic (exact) mass is 260 g/mol. The molecular formula is C15H20N2S. The molecule has 1 aromatic carbocycles. The first-order valence-electron chi connectivity index (χ1n) is 6.80. The molecule has 1 N–H and O–H groups in total. The summed E-state index contributed by atoms with van der Waals surface area (Å²) in [5.74, 6) is 0.778. The Labute approximate surface area is 112 Å². The predicted octanol–water partition coefficient (Wildman–Crippen LogP) is 3.46. The molecule has 1 fully saturated rings. The van der Waals surface area contributed by atoms with E-state index >= 15 is 0 Å². The van der Waals surface area contributed by atoms with Gasteiger partial charge < -0.3 is 5.32 Å². The summed E-state index contributed by atoms with van der Waals surface area (Å²) in [6.07, 6.45) is 3.81. The molecule has 0 amide bonds. The van der Waals surface area contributed by atoms with Crippen molar-refractivity contribution in [2.24, 2.45) is 5.92 Å². The summed E-state index contributed by atoms with van der Waals surface area (Å²) in [4.78, 5) is 4.86. The van der Waals surface area contributed by atoms with Crippen molar-refractivity contribution < 1.29 is 0 Å². The van der Waals surface area contributed by atoms with Crippen molar-refractivity contribution in [3.05, 3.63) is 28.3 Å². The number of aromatic nitrogens is 1. The van der Waals surface area contributed by atoms with E-state index in [4.69, 9.17) is 4.98 Å². The van der Waals surface area contributed by atoms with Gasteiger partial charge in [0.15, 0.2) is 0 Å². The second-order valence-corrected chi connectivity index (χ2v) is 6.49. The van der Waals surface area contributed by atoms with Gasteiger partial charge in [0.25, 0.3) is 0 Å². The minimum atomic E-state index is 0.778. The van der Waals surface area contributed by atoms with Crippen LogP contribution in [0.1, 0.15) is 29.0 Å². The number of hydrogen-bond acceptors (Lipinski definition) is 3. The molecule has 2 heterocycles. The van der Waals surface area contributed by atoms with Gasteiger partial charge in [-0.1, -0.05) is 6.07 Å². The Morgan fingerprint density at radius 2 is 2.28 bits per heavy atom. The molecule has 2 aromatic rings. The normalized spacial score (nSPS) is 20.4. The van der Waals surface area contributed by atoms with Gasteiger partial charge in [0.05, 0.1) is 15.2 Å².